The molecular formula is C32H30FN5O4S. The smallest absolute Gasteiger partial charge is 0.281 e. The third kappa shape index (κ3) is 5.68. The molecule has 1 aliphatic rings. The number of fused-ring (bicyclic) bond motifs is 1. The van der Waals surface area contributed by atoms with Crippen molar-refractivity contribution in [2.24, 2.45) is 0 Å². The molecule has 0 aliphatic carbocycles. The molecule has 0 saturated carbocycles. The first-order valence-corrected chi connectivity index (χ1v) is 14.7. The van der Waals surface area contributed by atoms with Crippen LogP contribution in [0.25, 0.3) is 21.7 Å². The van der Waals surface area contributed by atoms with Crippen molar-refractivity contribution in [3.8, 4) is 22.9 Å². The van der Waals surface area contributed by atoms with Crippen LogP contribution in [0.15, 0.2) is 77.6 Å². The van der Waals surface area contributed by atoms with Crippen LogP contribution in [0, 0.1) is 5.82 Å². The first kappa shape index (κ1) is 28.4. The van der Waals surface area contributed by atoms with Gasteiger partial charge < -0.3 is 19.7 Å². The van der Waals surface area contributed by atoms with Gasteiger partial charge in [0.15, 0.2) is 15.5 Å². The molecule has 5 aromatic rings. The standard InChI is InChI=1S/C32H30FN5O4S/c1-41-22-15-14-21(26(17-22)42-2)19-38-28(23-11-6-7-12-24(23)33)36-30-27(31(38)40)35-32(43-30)37-16-8-13-25(37)29(39)34-18-20-9-4-3-5-10-20/h3-7,9-12,14-15,17,25H,8,13,16,18-19H2,1-2H3,(H,34,39). The Morgan fingerprint density at radius 2 is 1.84 bits per heavy atom. The lowest BCUT2D eigenvalue weighted by Gasteiger charge is -2.23. The number of carbonyl (C=O) groups is 1. The van der Waals surface area contributed by atoms with Gasteiger partial charge in [-0.15, -0.1) is 0 Å². The van der Waals surface area contributed by atoms with E-state index in [0.29, 0.717) is 46.5 Å². The number of rotatable bonds is 9. The lowest BCUT2D eigenvalue weighted by molar-refractivity contribution is -0.122. The number of halogens is 1. The number of benzene rings is 3. The lowest BCUT2D eigenvalue weighted by atomic mass is 10.1. The van der Waals surface area contributed by atoms with Crippen LogP contribution in [-0.2, 0) is 17.9 Å². The molecule has 11 heteroatoms. The second-order valence-corrected chi connectivity index (χ2v) is 11.1. The highest BCUT2D eigenvalue weighted by atomic mass is 32.1. The third-order valence-electron chi connectivity index (χ3n) is 7.56. The van der Waals surface area contributed by atoms with Crippen molar-refractivity contribution in [3.05, 3.63) is 100 Å². The summed E-state index contributed by atoms with van der Waals surface area (Å²) in [5.41, 5.74) is 1.66. The minimum Gasteiger partial charge on any atom is -0.497 e. The summed E-state index contributed by atoms with van der Waals surface area (Å²) in [7, 11) is 3.10. The maximum absolute atomic E-state index is 15.1. The largest absolute Gasteiger partial charge is 0.497 e. The highest BCUT2D eigenvalue weighted by Crippen LogP contribution is 2.34. The van der Waals surface area contributed by atoms with E-state index in [9.17, 15) is 9.59 Å². The molecule has 2 aromatic heterocycles. The Hall–Kier alpha value is -4.77. The van der Waals surface area contributed by atoms with Crippen molar-refractivity contribution >= 4 is 32.7 Å². The molecule has 1 N–H and O–H groups in total. The predicted octanol–water partition coefficient (Wildman–Crippen LogP) is 5.01. The number of amides is 1. The van der Waals surface area contributed by atoms with E-state index in [2.05, 4.69) is 5.32 Å². The Labute approximate surface area is 251 Å². The molecule has 0 spiro atoms. The summed E-state index contributed by atoms with van der Waals surface area (Å²) in [6, 6.07) is 20.8. The summed E-state index contributed by atoms with van der Waals surface area (Å²) in [5.74, 6) is 0.717. The fourth-order valence-corrected chi connectivity index (χ4v) is 6.35. The number of hydrogen-bond donors (Lipinski definition) is 1. The SMILES string of the molecule is COc1ccc(Cn2c(-c3ccccc3F)nc3sc(N4CCCC4C(=O)NCc4ccccc4)nc3c2=O)c(OC)c1. The number of nitrogens with one attached hydrogen (secondary N) is 1. The van der Waals surface area contributed by atoms with E-state index in [1.165, 1.54) is 29.1 Å². The van der Waals surface area contributed by atoms with Crippen LogP contribution in [-0.4, -0.2) is 47.2 Å². The molecule has 1 aliphatic heterocycles. The highest BCUT2D eigenvalue weighted by molar-refractivity contribution is 7.21. The molecule has 1 atom stereocenters. The number of nitrogens with zero attached hydrogens (tertiary/aromatic N) is 4. The highest BCUT2D eigenvalue weighted by Gasteiger charge is 2.33. The quantitative estimate of drug-likeness (QED) is 0.254. The van der Waals surface area contributed by atoms with E-state index in [0.717, 1.165) is 12.0 Å². The zero-order valence-corrected chi connectivity index (χ0v) is 24.6. The van der Waals surface area contributed by atoms with Crippen molar-refractivity contribution in [2.75, 3.05) is 25.7 Å². The van der Waals surface area contributed by atoms with Crippen LogP contribution in [0.1, 0.15) is 24.0 Å². The van der Waals surface area contributed by atoms with Crippen molar-refractivity contribution in [2.45, 2.75) is 32.0 Å². The van der Waals surface area contributed by atoms with Crippen molar-refractivity contribution < 1.29 is 18.7 Å². The Morgan fingerprint density at radius 3 is 2.60 bits per heavy atom. The molecule has 9 nitrogen and oxygen atoms in total. The zero-order valence-electron chi connectivity index (χ0n) is 23.7. The van der Waals surface area contributed by atoms with Gasteiger partial charge in [0.05, 0.1) is 26.3 Å². The fraction of sp³-hybridized carbons (Fsp3) is 0.250. The first-order valence-electron chi connectivity index (χ1n) is 13.9. The normalized spacial score (nSPS) is 14.7. The molecule has 0 radical (unpaired) electrons. The summed E-state index contributed by atoms with van der Waals surface area (Å²) in [5, 5.41) is 3.57. The average Bonchev–Trinajstić information content (AvgIpc) is 3.70. The van der Waals surface area contributed by atoms with Gasteiger partial charge in [-0.25, -0.2) is 14.4 Å². The molecule has 43 heavy (non-hydrogen) atoms. The van der Waals surface area contributed by atoms with Gasteiger partial charge in [-0.05, 0) is 42.7 Å². The minimum atomic E-state index is -0.497. The number of hydrogen-bond acceptors (Lipinski definition) is 8. The number of ether oxygens (including phenoxy) is 2. The van der Waals surface area contributed by atoms with E-state index >= 15 is 4.39 Å². The topological polar surface area (TPSA) is 98.6 Å². The number of methoxy groups -OCH3 is 2. The van der Waals surface area contributed by atoms with E-state index in [4.69, 9.17) is 19.4 Å². The number of carbonyl (C=O) groups excluding carboxylic acids is 1. The summed E-state index contributed by atoms with van der Waals surface area (Å²) in [4.78, 5) is 39.0. The Morgan fingerprint density at radius 1 is 1.05 bits per heavy atom. The van der Waals surface area contributed by atoms with Gasteiger partial charge in [-0.3, -0.25) is 14.2 Å². The van der Waals surface area contributed by atoms with Gasteiger partial charge in [0.1, 0.15) is 29.2 Å². The first-order chi connectivity index (χ1) is 21.0. The summed E-state index contributed by atoms with van der Waals surface area (Å²) >= 11 is 1.23. The second kappa shape index (κ2) is 12.2. The van der Waals surface area contributed by atoms with Crippen LogP contribution in [0.3, 0.4) is 0 Å². The van der Waals surface area contributed by atoms with Crippen LogP contribution in [0.5, 0.6) is 11.5 Å². The van der Waals surface area contributed by atoms with Crippen molar-refractivity contribution in [1.82, 2.24) is 19.9 Å². The average molecular weight is 600 g/mol. The van der Waals surface area contributed by atoms with Crippen LogP contribution < -0.4 is 25.2 Å². The fourth-order valence-electron chi connectivity index (χ4n) is 5.34. The maximum Gasteiger partial charge on any atom is 0.281 e. The number of thiazole rings is 1. The minimum absolute atomic E-state index is 0.0691. The third-order valence-corrected chi connectivity index (χ3v) is 8.54. The molecule has 220 valence electrons. The van der Waals surface area contributed by atoms with E-state index in [1.807, 2.05) is 35.2 Å². The van der Waals surface area contributed by atoms with Crippen LogP contribution >= 0.6 is 11.3 Å². The maximum atomic E-state index is 15.1. The zero-order chi connectivity index (χ0) is 29.9. The Bertz CT molecular complexity index is 1840. The van der Waals surface area contributed by atoms with Crippen LogP contribution in [0.2, 0.25) is 0 Å². The Kier molecular flexibility index (Phi) is 8.06. The Balaban J connectivity index is 1.39. The van der Waals surface area contributed by atoms with E-state index in [-0.39, 0.29) is 29.4 Å². The molecule has 1 fully saturated rings. The monoisotopic (exact) mass is 599 g/mol. The molecule has 1 amide bonds. The van der Waals surface area contributed by atoms with E-state index < -0.39 is 17.4 Å². The second-order valence-electron chi connectivity index (χ2n) is 10.2. The predicted molar refractivity (Wildman–Crippen MR) is 164 cm³/mol. The summed E-state index contributed by atoms with van der Waals surface area (Å²) in [6.07, 6.45) is 1.49. The molecular weight excluding hydrogens is 569 g/mol. The molecule has 0 bridgehead atoms. The van der Waals surface area contributed by atoms with Crippen molar-refractivity contribution in [1.29, 1.82) is 0 Å². The van der Waals surface area contributed by atoms with Crippen LogP contribution in [0.4, 0.5) is 9.52 Å². The molecule has 6 rings (SSSR count). The summed E-state index contributed by atoms with van der Waals surface area (Å²) < 4.78 is 27.4. The van der Waals surface area contributed by atoms with Gasteiger partial charge in [0.2, 0.25) is 5.91 Å². The van der Waals surface area contributed by atoms with Gasteiger partial charge >= 0.3 is 0 Å². The van der Waals surface area contributed by atoms with Gasteiger partial charge in [0, 0.05) is 24.7 Å². The lowest BCUT2D eigenvalue weighted by Crippen LogP contribution is -2.43. The molecule has 3 heterocycles. The number of anilines is 1. The van der Waals surface area contributed by atoms with Crippen molar-refractivity contribution in [3.63, 3.8) is 0 Å². The molecule has 1 unspecified atom stereocenters. The number of aromatic nitrogens is 3. The summed E-state index contributed by atoms with van der Waals surface area (Å²) in [6.45, 7) is 1.12. The van der Waals surface area contributed by atoms with Gasteiger partial charge in [-0.2, -0.15) is 0 Å². The van der Waals surface area contributed by atoms with Gasteiger partial charge in [0.25, 0.3) is 5.56 Å². The van der Waals surface area contributed by atoms with Gasteiger partial charge in [-0.1, -0.05) is 53.8 Å². The molecule has 1 saturated heterocycles. The van der Waals surface area contributed by atoms with E-state index in [1.54, 1.807) is 43.5 Å². The molecule has 3 aromatic carbocycles.